The van der Waals surface area contributed by atoms with E-state index in [0.29, 0.717) is 0 Å². The van der Waals surface area contributed by atoms with E-state index < -0.39 is 16.1 Å². The molecule has 4 nitrogen and oxygen atoms in total. The maximum Gasteiger partial charge on any atom is 0.180 e. The van der Waals surface area contributed by atoms with Gasteiger partial charge in [0.15, 0.2) is 8.07 Å². The molecule has 0 spiro atoms. The highest BCUT2D eigenvalue weighted by molar-refractivity contribution is 8.00. The molecule has 0 fully saturated rings. The molecule has 58 heavy (non-hydrogen) atoms. The van der Waals surface area contributed by atoms with E-state index in [9.17, 15) is 0 Å². The van der Waals surface area contributed by atoms with Crippen molar-refractivity contribution in [3.63, 3.8) is 0 Å². The first-order valence-corrected chi connectivity index (χ1v) is 25.7. The summed E-state index contributed by atoms with van der Waals surface area (Å²) in [6, 6.07) is 67.5. The lowest BCUT2D eigenvalue weighted by atomic mass is 10.1. The Balaban J connectivity index is 1.34. The fraction of sp³-hybridized carbons (Fsp3) is 0.0588. The standard InChI is InChI=1S/C51H40N4SSi2/c1-54-42-28-13-11-26-40(42)53-51(54)35-19-18-24-38(33-35)58(36-20-6-4-7-21-36,37-22-8-5-9-23-37)46-34-43-48(50-49(46)56-44-29-14-15-30-45(44)57(50,2)3)39-25-10-12-27-41(39)55(43)47-31-16-17-32-52-47/h4-34H,1-3H3. The summed E-state index contributed by atoms with van der Waals surface area (Å²) in [4.78, 5) is 13.0. The number of pyridine rings is 1. The van der Waals surface area contributed by atoms with E-state index in [2.05, 4.69) is 205 Å². The molecule has 0 atom stereocenters. The Morgan fingerprint density at radius 2 is 1.24 bits per heavy atom. The number of fused-ring (bicyclic) bond motifs is 7. The minimum atomic E-state index is -3.14. The van der Waals surface area contributed by atoms with Crippen molar-refractivity contribution in [3.05, 3.63) is 188 Å². The number of nitrogens with zero attached hydrogens (tertiary/aromatic N) is 4. The molecule has 11 rings (SSSR count). The van der Waals surface area contributed by atoms with Crippen LogP contribution in [0.25, 0.3) is 50.0 Å². The molecule has 0 unspecified atom stereocenters. The summed E-state index contributed by atoms with van der Waals surface area (Å²) in [5.74, 6) is 1.90. The van der Waals surface area contributed by atoms with Crippen molar-refractivity contribution in [2.45, 2.75) is 22.9 Å². The molecule has 3 aromatic heterocycles. The quantitative estimate of drug-likeness (QED) is 0.125. The largest absolute Gasteiger partial charge is 0.327 e. The zero-order valence-corrected chi connectivity index (χ0v) is 35.4. The van der Waals surface area contributed by atoms with Crippen LogP contribution >= 0.6 is 11.8 Å². The van der Waals surface area contributed by atoms with E-state index in [1.807, 2.05) is 24.0 Å². The van der Waals surface area contributed by atoms with Crippen molar-refractivity contribution in [2.75, 3.05) is 0 Å². The summed E-state index contributed by atoms with van der Waals surface area (Å²) in [6.07, 6.45) is 1.92. The third kappa shape index (κ3) is 5.07. The molecule has 0 amide bonds. The van der Waals surface area contributed by atoms with Crippen LogP contribution in [0.1, 0.15) is 0 Å². The van der Waals surface area contributed by atoms with Gasteiger partial charge in [-0.05, 0) is 73.6 Å². The maximum atomic E-state index is 5.22. The second-order valence-corrected chi connectivity index (χ2v) is 24.9. The summed E-state index contributed by atoms with van der Waals surface area (Å²) in [5.41, 5.74) is 5.64. The number of aryl methyl sites for hydroxylation is 1. The maximum absolute atomic E-state index is 5.22. The van der Waals surface area contributed by atoms with Crippen molar-refractivity contribution in [3.8, 4) is 17.2 Å². The van der Waals surface area contributed by atoms with E-state index in [-0.39, 0.29) is 0 Å². The monoisotopic (exact) mass is 796 g/mol. The SMILES string of the molecule is Cn1c(-c2cccc([Si](c3ccccc3)(c3ccccc3)c3cc4c(c5c3Sc3ccccc3[Si]5(C)C)c3ccccc3n4-c3ccccn3)c2)nc2ccccc21. The van der Waals surface area contributed by atoms with Crippen molar-refractivity contribution in [1.29, 1.82) is 0 Å². The van der Waals surface area contributed by atoms with Gasteiger partial charge in [0.25, 0.3) is 0 Å². The van der Waals surface area contributed by atoms with Crippen molar-refractivity contribution in [2.24, 2.45) is 7.05 Å². The molecular formula is C51H40N4SSi2. The summed E-state index contributed by atoms with van der Waals surface area (Å²) < 4.78 is 4.66. The second kappa shape index (κ2) is 13.4. The molecule has 0 saturated carbocycles. The van der Waals surface area contributed by atoms with Crippen LogP contribution in [0, 0.1) is 0 Å². The molecule has 278 valence electrons. The van der Waals surface area contributed by atoms with Crippen molar-refractivity contribution in [1.82, 2.24) is 19.1 Å². The van der Waals surface area contributed by atoms with Crippen LogP contribution in [0.2, 0.25) is 13.1 Å². The van der Waals surface area contributed by atoms with E-state index in [0.717, 1.165) is 28.2 Å². The Labute approximate surface area is 344 Å². The van der Waals surface area contributed by atoms with Gasteiger partial charge in [-0.1, -0.05) is 164 Å². The lowest BCUT2D eigenvalue weighted by Gasteiger charge is -2.41. The molecule has 1 aliphatic rings. The number of para-hydroxylation sites is 3. The minimum absolute atomic E-state index is 0.929. The Morgan fingerprint density at radius 1 is 0.586 bits per heavy atom. The van der Waals surface area contributed by atoms with E-state index >= 15 is 0 Å². The minimum Gasteiger partial charge on any atom is -0.327 e. The van der Waals surface area contributed by atoms with Crippen LogP contribution in [0.15, 0.2) is 198 Å². The Morgan fingerprint density at radius 3 is 1.98 bits per heavy atom. The van der Waals surface area contributed by atoms with E-state index in [4.69, 9.17) is 9.97 Å². The van der Waals surface area contributed by atoms with Gasteiger partial charge >= 0.3 is 0 Å². The zero-order chi connectivity index (χ0) is 39.0. The number of benzene rings is 7. The third-order valence-corrected chi connectivity index (χ3v) is 22.4. The van der Waals surface area contributed by atoms with Gasteiger partial charge in [-0.15, -0.1) is 0 Å². The fourth-order valence-corrected chi connectivity index (χ4v) is 21.2. The number of imidazole rings is 1. The molecule has 0 N–H and O–H groups in total. The first kappa shape index (κ1) is 34.9. The van der Waals surface area contributed by atoms with Gasteiger partial charge in [0.2, 0.25) is 0 Å². The van der Waals surface area contributed by atoms with Gasteiger partial charge < -0.3 is 4.57 Å². The molecule has 7 heteroatoms. The van der Waals surface area contributed by atoms with E-state index in [1.165, 1.54) is 62.7 Å². The smallest absolute Gasteiger partial charge is 0.180 e. The third-order valence-electron chi connectivity index (χ3n) is 12.3. The van der Waals surface area contributed by atoms with Crippen molar-refractivity contribution < 1.29 is 0 Å². The van der Waals surface area contributed by atoms with Gasteiger partial charge in [0.1, 0.15) is 19.7 Å². The van der Waals surface area contributed by atoms with Crippen molar-refractivity contribution >= 4 is 91.9 Å². The number of rotatable bonds is 6. The average Bonchev–Trinajstić information content (AvgIpc) is 3.79. The van der Waals surface area contributed by atoms with Crippen LogP contribution < -0.4 is 31.1 Å². The average molecular weight is 797 g/mol. The van der Waals surface area contributed by atoms with Crippen LogP contribution in [0.3, 0.4) is 0 Å². The van der Waals surface area contributed by atoms with Gasteiger partial charge in [-0.2, -0.15) is 0 Å². The molecule has 4 heterocycles. The second-order valence-electron chi connectivity index (χ2n) is 15.8. The molecule has 7 aromatic carbocycles. The molecule has 0 saturated heterocycles. The topological polar surface area (TPSA) is 35.6 Å². The highest BCUT2D eigenvalue weighted by atomic mass is 32.2. The molecule has 0 aliphatic carbocycles. The molecule has 0 radical (unpaired) electrons. The highest BCUT2D eigenvalue weighted by Gasteiger charge is 2.48. The normalized spacial score (nSPS) is 13.5. The zero-order valence-electron chi connectivity index (χ0n) is 32.6. The molecule has 1 aliphatic heterocycles. The number of hydrogen-bond acceptors (Lipinski definition) is 3. The first-order valence-electron chi connectivity index (χ1n) is 19.9. The molecular weight excluding hydrogens is 757 g/mol. The van der Waals surface area contributed by atoms with Crippen LogP contribution in [0.4, 0.5) is 0 Å². The Kier molecular flexibility index (Phi) is 8.08. The summed E-state index contributed by atoms with van der Waals surface area (Å²) in [6.45, 7) is 5.14. The molecule has 0 bridgehead atoms. The molecule has 10 aromatic rings. The number of aromatic nitrogens is 4. The van der Waals surface area contributed by atoms with Gasteiger partial charge in [-0.3, -0.25) is 4.57 Å². The summed E-state index contributed by atoms with van der Waals surface area (Å²) in [5, 5.41) is 11.1. The van der Waals surface area contributed by atoms with Gasteiger partial charge in [0, 0.05) is 39.4 Å². The number of hydrogen-bond donors (Lipinski definition) is 0. The van der Waals surface area contributed by atoms with Gasteiger partial charge in [0.05, 0.1) is 22.1 Å². The van der Waals surface area contributed by atoms with Gasteiger partial charge in [-0.25, -0.2) is 9.97 Å². The lowest BCUT2D eigenvalue weighted by Crippen LogP contribution is -2.76. The Hall–Kier alpha value is -6.26. The fourth-order valence-electron chi connectivity index (χ4n) is 9.78. The summed E-state index contributed by atoms with van der Waals surface area (Å²) in [7, 11) is -3.36. The first-order chi connectivity index (χ1) is 28.5. The highest BCUT2D eigenvalue weighted by Crippen LogP contribution is 2.40. The van der Waals surface area contributed by atoms with Crippen LogP contribution in [-0.4, -0.2) is 35.2 Å². The van der Waals surface area contributed by atoms with Crippen LogP contribution in [-0.2, 0) is 7.05 Å². The predicted octanol–water partition coefficient (Wildman–Crippen LogP) is 8.40. The summed E-state index contributed by atoms with van der Waals surface area (Å²) >= 11 is 1.98. The lowest BCUT2D eigenvalue weighted by molar-refractivity contribution is 0.959. The van der Waals surface area contributed by atoms with E-state index in [1.54, 1.807) is 0 Å². The van der Waals surface area contributed by atoms with Crippen LogP contribution in [0.5, 0.6) is 0 Å². The Bertz CT molecular complexity index is 3150. The predicted molar refractivity (Wildman–Crippen MR) is 249 cm³/mol.